The highest BCUT2D eigenvalue weighted by Crippen LogP contribution is 1.96. The molecule has 1 aliphatic heterocycles. The van der Waals surface area contributed by atoms with Gasteiger partial charge in [0.15, 0.2) is 0 Å². The molecule has 1 unspecified atom stereocenters. The molecular weight excluding hydrogens is 102 g/mol. The maximum atomic E-state index is 5.17. The summed E-state index contributed by atoms with van der Waals surface area (Å²) in [6.45, 7) is 1.97. The lowest BCUT2D eigenvalue weighted by atomic mass is 9.51. The summed E-state index contributed by atoms with van der Waals surface area (Å²) >= 11 is 0. The normalized spacial score (nSPS) is 29.8. The molecule has 1 saturated heterocycles. The third-order valence-electron chi connectivity index (χ3n) is 1.06. The van der Waals surface area contributed by atoms with E-state index in [0.717, 1.165) is 0 Å². The van der Waals surface area contributed by atoms with Gasteiger partial charge in [0.05, 0.1) is 27.0 Å². The van der Waals surface area contributed by atoms with Gasteiger partial charge in [0.2, 0.25) is 0 Å². The highest BCUT2D eigenvalue weighted by molar-refractivity contribution is 6.90. The van der Waals surface area contributed by atoms with E-state index in [0.29, 0.717) is 19.8 Å². The van der Waals surface area contributed by atoms with E-state index in [1.807, 2.05) is 0 Å². The Hall–Kier alpha value is 0.0499. The Bertz CT molecular complexity index is 63.1. The molecule has 3 radical (unpaired) electrons. The molecule has 2 nitrogen and oxygen atoms in total. The van der Waals surface area contributed by atoms with Gasteiger partial charge in [-0.15, -0.1) is 0 Å². The Morgan fingerprint density at radius 2 is 2.38 bits per heavy atom. The van der Waals surface area contributed by atoms with Crippen LogP contribution in [0.25, 0.3) is 0 Å². The number of rotatable bonds is 1. The second-order valence-corrected chi connectivity index (χ2v) is 1.68. The molecule has 1 heterocycles. The summed E-state index contributed by atoms with van der Waals surface area (Å²) in [5.41, 5.74) is 0. The second-order valence-electron chi connectivity index (χ2n) is 1.68. The van der Waals surface area contributed by atoms with Crippen LogP contribution in [0.15, 0.2) is 0 Å². The van der Waals surface area contributed by atoms with Crippen LogP contribution in [0.4, 0.5) is 0 Å². The summed E-state index contributed by atoms with van der Waals surface area (Å²) < 4.78 is 10.2. The Morgan fingerprint density at radius 3 is 2.75 bits per heavy atom. The molecular formula is C4H7B2O2. The van der Waals surface area contributed by atoms with Gasteiger partial charge in [-0.05, 0) is 0 Å². The molecule has 1 rings (SSSR count). The first-order valence-electron chi connectivity index (χ1n) is 2.68. The van der Waals surface area contributed by atoms with Crippen molar-refractivity contribution < 1.29 is 9.47 Å². The van der Waals surface area contributed by atoms with Crippen molar-refractivity contribution in [2.75, 3.05) is 19.8 Å². The van der Waals surface area contributed by atoms with Crippen LogP contribution in [0.1, 0.15) is 0 Å². The third kappa shape index (κ3) is 1.53. The SMILES string of the molecule is [B][B]C1COCCO1. The minimum atomic E-state index is 0.0174. The molecule has 1 aliphatic rings. The molecule has 0 N–H and O–H groups in total. The van der Waals surface area contributed by atoms with Gasteiger partial charge in [-0.25, -0.2) is 0 Å². The number of hydrogen-bond acceptors (Lipinski definition) is 2. The molecule has 1 fully saturated rings. The first kappa shape index (κ1) is 6.17. The molecule has 4 heteroatoms. The van der Waals surface area contributed by atoms with Crippen LogP contribution in [0.2, 0.25) is 0 Å². The van der Waals surface area contributed by atoms with E-state index in [-0.39, 0.29) is 6.00 Å². The van der Waals surface area contributed by atoms with E-state index < -0.39 is 0 Å². The quantitative estimate of drug-likeness (QED) is 0.408. The van der Waals surface area contributed by atoms with Gasteiger partial charge < -0.3 is 9.47 Å². The van der Waals surface area contributed by atoms with Crippen LogP contribution in [-0.4, -0.2) is 40.7 Å². The largest absolute Gasteiger partial charge is 0.383 e. The minimum Gasteiger partial charge on any atom is -0.383 e. The molecule has 0 saturated carbocycles. The summed E-state index contributed by atoms with van der Waals surface area (Å²) in [6, 6.07) is 0.0174. The Balaban J connectivity index is 2.13. The zero-order valence-electron chi connectivity index (χ0n) is 4.67. The van der Waals surface area contributed by atoms with Crippen LogP contribution in [0, 0.1) is 0 Å². The van der Waals surface area contributed by atoms with E-state index in [1.54, 1.807) is 0 Å². The lowest BCUT2D eigenvalue weighted by molar-refractivity contribution is -0.0541. The standard InChI is InChI=1S/C4H7B2O2/c5-6-4-3-7-1-2-8-4/h4H,1-3H2. The van der Waals surface area contributed by atoms with Gasteiger partial charge in [0.25, 0.3) is 0 Å². The summed E-state index contributed by atoms with van der Waals surface area (Å²) in [6.07, 6.45) is 0. The zero-order valence-corrected chi connectivity index (χ0v) is 4.67. The van der Waals surface area contributed by atoms with Crippen molar-refractivity contribution in [1.82, 2.24) is 0 Å². The fourth-order valence-electron chi connectivity index (χ4n) is 0.617. The van der Waals surface area contributed by atoms with Crippen molar-refractivity contribution >= 4 is 14.9 Å². The summed E-state index contributed by atoms with van der Waals surface area (Å²) in [4.78, 5) is 0. The van der Waals surface area contributed by atoms with Crippen molar-refractivity contribution in [2.45, 2.75) is 6.00 Å². The Morgan fingerprint density at radius 1 is 1.50 bits per heavy atom. The maximum Gasteiger partial charge on any atom is 0.0972 e. The van der Waals surface area contributed by atoms with E-state index in [2.05, 4.69) is 0 Å². The fourth-order valence-corrected chi connectivity index (χ4v) is 0.617. The Labute approximate surface area is 51.2 Å². The predicted octanol–water partition coefficient (Wildman–Crippen LogP) is -0.853. The third-order valence-corrected chi connectivity index (χ3v) is 1.06. The van der Waals surface area contributed by atoms with Gasteiger partial charge >= 0.3 is 0 Å². The zero-order chi connectivity index (χ0) is 5.82. The van der Waals surface area contributed by atoms with Crippen molar-refractivity contribution in [1.29, 1.82) is 0 Å². The fraction of sp³-hybridized carbons (Fsp3) is 1.00. The van der Waals surface area contributed by atoms with Crippen LogP contribution < -0.4 is 0 Å². The number of hydrogen-bond donors (Lipinski definition) is 0. The van der Waals surface area contributed by atoms with Crippen molar-refractivity contribution in [3.05, 3.63) is 0 Å². The molecule has 41 valence electrons. The molecule has 0 bridgehead atoms. The molecule has 0 aliphatic carbocycles. The Kier molecular flexibility index (Phi) is 2.43. The number of ether oxygens (including phenoxy) is 2. The smallest absolute Gasteiger partial charge is 0.0972 e. The van der Waals surface area contributed by atoms with Crippen molar-refractivity contribution in [2.24, 2.45) is 0 Å². The average Bonchev–Trinajstić information content (AvgIpc) is 1.90. The highest BCUT2D eigenvalue weighted by Gasteiger charge is 2.10. The highest BCUT2D eigenvalue weighted by atomic mass is 16.6. The van der Waals surface area contributed by atoms with E-state index in [9.17, 15) is 0 Å². The van der Waals surface area contributed by atoms with Crippen molar-refractivity contribution in [3.8, 4) is 0 Å². The molecule has 1 atom stereocenters. The summed E-state index contributed by atoms with van der Waals surface area (Å²) in [5, 5.41) is 0. The van der Waals surface area contributed by atoms with Gasteiger partial charge in [-0.3, -0.25) is 0 Å². The molecule has 0 aromatic carbocycles. The summed E-state index contributed by atoms with van der Waals surface area (Å²) in [7, 11) is 6.69. The topological polar surface area (TPSA) is 18.5 Å². The van der Waals surface area contributed by atoms with E-state index in [4.69, 9.17) is 17.2 Å². The van der Waals surface area contributed by atoms with E-state index >= 15 is 0 Å². The van der Waals surface area contributed by atoms with E-state index in [1.165, 1.54) is 7.17 Å². The first-order valence-corrected chi connectivity index (χ1v) is 2.68. The van der Waals surface area contributed by atoms with Crippen LogP contribution in [0.5, 0.6) is 0 Å². The molecule has 0 spiro atoms. The van der Waals surface area contributed by atoms with Gasteiger partial charge in [-0.1, -0.05) is 0 Å². The van der Waals surface area contributed by atoms with Gasteiger partial charge in [0, 0.05) is 13.7 Å². The first-order chi connectivity index (χ1) is 3.93. The maximum absolute atomic E-state index is 5.17. The molecule has 0 aromatic heterocycles. The second kappa shape index (κ2) is 3.15. The van der Waals surface area contributed by atoms with Crippen molar-refractivity contribution in [3.63, 3.8) is 0 Å². The summed E-state index contributed by atoms with van der Waals surface area (Å²) in [5.74, 6) is 0. The molecule has 8 heavy (non-hydrogen) atoms. The molecule has 0 amide bonds. The lowest BCUT2D eigenvalue weighted by Crippen LogP contribution is -2.33. The lowest BCUT2D eigenvalue weighted by Gasteiger charge is -2.21. The minimum absolute atomic E-state index is 0.0174. The van der Waals surface area contributed by atoms with Crippen LogP contribution in [0.3, 0.4) is 0 Å². The van der Waals surface area contributed by atoms with Gasteiger partial charge in [-0.2, -0.15) is 0 Å². The van der Waals surface area contributed by atoms with Crippen LogP contribution >= 0.6 is 0 Å². The molecule has 0 aromatic rings. The van der Waals surface area contributed by atoms with Gasteiger partial charge in [0.1, 0.15) is 0 Å². The monoisotopic (exact) mass is 109 g/mol. The predicted molar refractivity (Wildman–Crippen MR) is 32.1 cm³/mol. The average molecular weight is 109 g/mol. The van der Waals surface area contributed by atoms with Crippen LogP contribution in [-0.2, 0) is 9.47 Å².